The zero-order chi connectivity index (χ0) is 13.5. The molecule has 0 aliphatic carbocycles. The van der Waals surface area contributed by atoms with E-state index < -0.39 is 0 Å². The van der Waals surface area contributed by atoms with Gasteiger partial charge in [-0.2, -0.15) is 0 Å². The lowest BCUT2D eigenvalue weighted by molar-refractivity contribution is -0.119. The Labute approximate surface area is 109 Å². The highest BCUT2D eigenvalue weighted by Gasteiger charge is 2.12. The van der Waals surface area contributed by atoms with Crippen molar-refractivity contribution < 1.29 is 4.79 Å². The summed E-state index contributed by atoms with van der Waals surface area (Å²) in [7, 11) is 0. The molecule has 0 saturated heterocycles. The number of hydrogen-bond donors (Lipinski definition) is 2. The summed E-state index contributed by atoms with van der Waals surface area (Å²) in [5.41, 5.74) is 9.07. The van der Waals surface area contributed by atoms with Gasteiger partial charge in [0.15, 0.2) is 0 Å². The number of nitrogens with zero attached hydrogens (tertiary/aromatic N) is 1. The van der Waals surface area contributed by atoms with Gasteiger partial charge < -0.3 is 16.0 Å². The molecule has 18 heavy (non-hydrogen) atoms. The molecular formula is C14H23N3O. The van der Waals surface area contributed by atoms with E-state index in [1.165, 1.54) is 5.56 Å². The molecule has 0 aromatic heterocycles. The van der Waals surface area contributed by atoms with Gasteiger partial charge in [-0.15, -0.1) is 0 Å². The van der Waals surface area contributed by atoms with Crippen LogP contribution in [0.3, 0.4) is 0 Å². The van der Waals surface area contributed by atoms with Gasteiger partial charge in [0, 0.05) is 25.3 Å². The smallest absolute Gasteiger partial charge is 0.239 e. The van der Waals surface area contributed by atoms with Crippen molar-refractivity contribution in [3.63, 3.8) is 0 Å². The molecule has 4 nitrogen and oxygen atoms in total. The second kappa shape index (κ2) is 7.01. The molecule has 0 saturated carbocycles. The minimum absolute atomic E-state index is 0.0452. The molecule has 0 aliphatic heterocycles. The highest BCUT2D eigenvalue weighted by Crippen LogP contribution is 2.21. The summed E-state index contributed by atoms with van der Waals surface area (Å²) in [6, 6.07) is 6.17. The van der Waals surface area contributed by atoms with Crippen LogP contribution in [0, 0.1) is 6.92 Å². The Kier molecular flexibility index (Phi) is 5.65. The van der Waals surface area contributed by atoms with E-state index in [0.29, 0.717) is 19.6 Å². The van der Waals surface area contributed by atoms with Crippen LogP contribution in [0.1, 0.15) is 25.0 Å². The fourth-order valence-corrected chi connectivity index (χ4v) is 1.93. The van der Waals surface area contributed by atoms with Crippen LogP contribution in [-0.4, -0.2) is 25.5 Å². The van der Waals surface area contributed by atoms with E-state index in [-0.39, 0.29) is 5.91 Å². The lowest BCUT2D eigenvalue weighted by atomic mass is 10.1. The minimum Gasteiger partial charge on any atom is -0.362 e. The number of benzene rings is 1. The van der Waals surface area contributed by atoms with Gasteiger partial charge in [0.05, 0.1) is 6.54 Å². The molecule has 1 amide bonds. The molecule has 0 fully saturated rings. The van der Waals surface area contributed by atoms with Crippen molar-refractivity contribution in [2.24, 2.45) is 5.73 Å². The first kappa shape index (κ1) is 14.5. The number of carbonyl (C=O) groups is 1. The quantitative estimate of drug-likeness (QED) is 0.801. The Morgan fingerprint density at radius 3 is 2.67 bits per heavy atom. The molecule has 0 radical (unpaired) electrons. The Balaban J connectivity index is 2.93. The maximum Gasteiger partial charge on any atom is 0.239 e. The average molecular weight is 249 g/mol. The van der Waals surface area contributed by atoms with Crippen LogP contribution in [0.5, 0.6) is 0 Å². The van der Waals surface area contributed by atoms with Gasteiger partial charge in [-0.1, -0.05) is 12.1 Å². The average Bonchev–Trinajstić information content (AvgIpc) is 2.36. The van der Waals surface area contributed by atoms with Gasteiger partial charge in [-0.3, -0.25) is 4.79 Å². The van der Waals surface area contributed by atoms with Crippen LogP contribution in [0.15, 0.2) is 18.2 Å². The van der Waals surface area contributed by atoms with Gasteiger partial charge in [0.25, 0.3) is 0 Å². The Morgan fingerprint density at radius 2 is 2.11 bits per heavy atom. The third-order valence-corrected chi connectivity index (χ3v) is 2.89. The van der Waals surface area contributed by atoms with Gasteiger partial charge in [0.2, 0.25) is 5.91 Å². The predicted molar refractivity (Wildman–Crippen MR) is 75.6 cm³/mol. The Morgan fingerprint density at radius 1 is 1.39 bits per heavy atom. The van der Waals surface area contributed by atoms with Crippen molar-refractivity contribution in [3.05, 3.63) is 29.3 Å². The van der Waals surface area contributed by atoms with Crippen LogP contribution in [-0.2, 0) is 11.3 Å². The largest absolute Gasteiger partial charge is 0.362 e. The summed E-state index contributed by atoms with van der Waals surface area (Å²) >= 11 is 0. The molecule has 0 atom stereocenters. The van der Waals surface area contributed by atoms with Crippen molar-refractivity contribution >= 4 is 11.6 Å². The Bertz CT molecular complexity index is 404. The normalized spacial score (nSPS) is 10.2. The summed E-state index contributed by atoms with van der Waals surface area (Å²) in [4.78, 5) is 13.7. The van der Waals surface area contributed by atoms with Gasteiger partial charge in [0.1, 0.15) is 0 Å². The topological polar surface area (TPSA) is 58.4 Å². The van der Waals surface area contributed by atoms with Crippen LogP contribution >= 0.6 is 0 Å². The number of aryl methyl sites for hydroxylation is 1. The van der Waals surface area contributed by atoms with Crippen molar-refractivity contribution in [3.8, 4) is 0 Å². The van der Waals surface area contributed by atoms with Crippen LogP contribution < -0.4 is 16.0 Å². The first-order valence-electron chi connectivity index (χ1n) is 6.43. The second-order valence-electron chi connectivity index (χ2n) is 4.30. The summed E-state index contributed by atoms with van der Waals surface area (Å²) in [5.74, 6) is 0.0452. The van der Waals surface area contributed by atoms with Crippen molar-refractivity contribution in [1.82, 2.24) is 5.32 Å². The number of nitrogens with two attached hydrogens (primary N) is 1. The fraction of sp³-hybridized carbons (Fsp3) is 0.500. The molecule has 0 bridgehead atoms. The zero-order valence-corrected chi connectivity index (χ0v) is 11.5. The van der Waals surface area contributed by atoms with Gasteiger partial charge in [-0.05, 0) is 38.0 Å². The van der Waals surface area contributed by atoms with Gasteiger partial charge >= 0.3 is 0 Å². The number of hydrogen-bond acceptors (Lipinski definition) is 3. The predicted octanol–water partition coefficient (Wildman–Crippen LogP) is 1.42. The third kappa shape index (κ3) is 3.74. The summed E-state index contributed by atoms with van der Waals surface area (Å²) in [6.45, 7) is 8.32. The lowest BCUT2D eigenvalue weighted by Crippen LogP contribution is -2.37. The fourth-order valence-electron chi connectivity index (χ4n) is 1.93. The molecule has 0 unspecified atom stereocenters. The number of likely N-dealkylation sites (N-methyl/N-ethyl adjacent to an activating group) is 2. The standard InChI is InChI=1S/C14H23N3O/c1-4-16-14(18)10-17(5-2)13-8-11(3)6-7-12(13)9-15/h6-8H,4-5,9-10,15H2,1-3H3,(H,16,18). The van der Waals surface area contributed by atoms with Gasteiger partial charge in [-0.25, -0.2) is 0 Å². The molecule has 100 valence electrons. The molecular weight excluding hydrogens is 226 g/mol. The van der Waals surface area contributed by atoms with Crippen molar-refractivity contribution in [2.45, 2.75) is 27.3 Å². The molecule has 1 aromatic carbocycles. The van der Waals surface area contributed by atoms with Crippen LogP contribution in [0.2, 0.25) is 0 Å². The van der Waals surface area contributed by atoms with Crippen molar-refractivity contribution in [1.29, 1.82) is 0 Å². The molecule has 3 N–H and O–H groups in total. The summed E-state index contributed by atoms with van der Waals surface area (Å²) in [6.07, 6.45) is 0. The first-order chi connectivity index (χ1) is 8.62. The molecule has 1 rings (SSSR count). The highest BCUT2D eigenvalue weighted by molar-refractivity contribution is 5.81. The van der Waals surface area contributed by atoms with E-state index in [9.17, 15) is 4.79 Å². The summed E-state index contributed by atoms with van der Waals surface area (Å²) in [5, 5.41) is 2.82. The molecule has 1 aromatic rings. The Hall–Kier alpha value is -1.55. The second-order valence-corrected chi connectivity index (χ2v) is 4.30. The molecule has 0 aliphatic rings. The first-order valence-corrected chi connectivity index (χ1v) is 6.43. The van der Waals surface area contributed by atoms with E-state index in [1.54, 1.807) is 0 Å². The van der Waals surface area contributed by atoms with E-state index >= 15 is 0 Å². The monoisotopic (exact) mass is 249 g/mol. The molecule has 0 spiro atoms. The number of carbonyl (C=O) groups excluding carboxylic acids is 1. The van der Waals surface area contributed by atoms with Crippen LogP contribution in [0.25, 0.3) is 0 Å². The van der Waals surface area contributed by atoms with E-state index in [2.05, 4.69) is 16.3 Å². The highest BCUT2D eigenvalue weighted by atomic mass is 16.2. The number of rotatable bonds is 6. The number of anilines is 1. The number of amides is 1. The zero-order valence-electron chi connectivity index (χ0n) is 11.5. The maximum absolute atomic E-state index is 11.7. The SMILES string of the molecule is CCNC(=O)CN(CC)c1cc(C)ccc1CN. The van der Waals surface area contributed by atoms with Crippen molar-refractivity contribution in [2.75, 3.05) is 24.5 Å². The minimum atomic E-state index is 0.0452. The summed E-state index contributed by atoms with van der Waals surface area (Å²) < 4.78 is 0. The number of nitrogens with one attached hydrogen (secondary N) is 1. The maximum atomic E-state index is 11.7. The third-order valence-electron chi connectivity index (χ3n) is 2.89. The molecule has 4 heteroatoms. The van der Waals surface area contributed by atoms with Crippen LogP contribution in [0.4, 0.5) is 5.69 Å². The lowest BCUT2D eigenvalue weighted by Gasteiger charge is -2.25. The van der Waals surface area contributed by atoms with E-state index in [4.69, 9.17) is 5.73 Å². The van der Waals surface area contributed by atoms with E-state index in [1.807, 2.05) is 32.9 Å². The molecule has 0 heterocycles. The van der Waals surface area contributed by atoms with E-state index in [0.717, 1.165) is 17.8 Å².